The van der Waals surface area contributed by atoms with Crippen LogP contribution >= 0.6 is 0 Å². The van der Waals surface area contributed by atoms with E-state index in [1.165, 1.54) is 0 Å². The first-order chi connectivity index (χ1) is 14.9. The van der Waals surface area contributed by atoms with Crippen molar-refractivity contribution in [1.82, 2.24) is 9.80 Å². The maximum atomic E-state index is 13.1. The number of nitrogens with zero attached hydrogens (tertiary/aromatic N) is 3. The second-order valence-electron chi connectivity index (χ2n) is 8.45. The van der Waals surface area contributed by atoms with Gasteiger partial charge in [0.15, 0.2) is 5.78 Å². The van der Waals surface area contributed by atoms with Gasteiger partial charge in [-0.15, -0.1) is 0 Å². The summed E-state index contributed by atoms with van der Waals surface area (Å²) in [6.45, 7) is 6.86. The van der Waals surface area contributed by atoms with Gasteiger partial charge >= 0.3 is 0 Å². The van der Waals surface area contributed by atoms with Gasteiger partial charge < -0.3 is 14.7 Å². The molecule has 6 heteroatoms. The topological polar surface area (TPSA) is 60.9 Å². The van der Waals surface area contributed by atoms with Crippen molar-refractivity contribution in [2.45, 2.75) is 26.3 Å². The third-order valence-corrected chi connectivity index (χ3v) is 6.49. The SMILES string of the molecule is CC(=O)c1ccc(N2CCN(C(=O)[C@@H]3CC(=O)N([C@@H](C)c4ccccc4)C3)CC2)cc1. The van der Waals surface area contributed by atoms with E-state index in [2.05, 4.69) is 4.90 Å². The van der Waals surface area contributed by atoms with Crippen molar-refractivity contribution < 1.29 is 14.4 Å². The number of Topliss-reactive ketones (excluding diaryl/α,β-unsaturated/α-hetero) is 1. The molecule has 31 heavy (non-hydrogen) atoms. The van der Waals surface area contributed by atoms with E-state index in [1.54, 1.807) is 6.92 Å². The van der Waals surface area contributed by atoms with E-state index < -0.39 is 0 Å². The zero-order valence-electron chi connectivity index (χ0n) is 18.2. The molecule has 2 aromatic rings. The van der Waals surface area contributed by atoms with Crippen LogP contribution in [0.25, 0.3) is 0 Å². The normalized spacial score (nSPS) is 20.1. The highest BCUT2D eigenvalue weighted by molar-refractivity contribution is 5.94. The molecule has 2 amide bonds. The molecule has 2 fully saturated rings. The van der Waals surface area contributed by atoms with Crippen molar-refractivity contribution >= 4 is 23.3 Å². The molecule has 0 aromatic heterocycles. The van der Waals surface area contributed by atoms with Crippen LogP contribution in [0.1, 0.15) is 42.2 Å². The number of benzene rings is 2. The van der Waals surface area contributed by atoms with Gasteiger partial charge in [-0.2, -0.15) is 0 Å². The molecule has 0 saturated carbocycles. The Labute approximate surface area is 183 Å². The molecular formula is C25H29N3O3. The van der Waals surface area contributed by atoms with E-state index in [9.17, 15) is 14.4 Å². The summed E-state index contributed by atoms with van der Waals surface area (Å²) in [6.07, 6.45) is 0.294. The van der Waals surface area contributed by atoms with Gasteiger partial charge in [0.25, 0.3) is 0 Å². The molecule has 0 aliphatic carbocycles. The van der Waals surface area contributed by atoms with E-state index >= 15 is 0 Å². The quantitative estimate of drug-likeness (QED) is 0.699. The average molecular weight is 420 g/mol. The maximum Gasteiger partial charge on any atom is 0.228 e. The second-order valence-corrected chi connectivity index (χ2v) is 8.45. The summed E-state index contributed by atoms with van der Waals surface area (Å²) in [7, 11) is 0. The van der Waals surface area contributed by atoms with Crippen LogP contribution in [0, 0.1) is 5.92 Å². The molecule has 2 heterocycles. The van der Waals surface area contributed by atoms with E-state index in [0.717, 1.165) is 24.3 Å². The van der Waals surface area contributed by atoms with Crippen LogP contribution < -0.4 is 4.90 Å². The van der Waals surface area contributed by atoms with E-state index in [1.807, 2.05) is 71.3 Å². The highest BCUT2D eigenvalue weighted by Gasteiger charge is 2.39. The fourth-order valence-corrected chi connectivity index (χ4v) is 4.53. The Hall–Kier alpha value is -3.15. The van der Waals surface area contributed by atoms with Gasteiger partial charge in [-0.05, 0) is 43.7 Å². The Morgan fingerprint density at radius 1 is 0.935 bits per heavy atom. The molecule has 2 aliphatic rings. The van der Waals surface area contributed by atoms with Crippen LogP contribution in [0.5, 0.6) is 0 Å². The number of rotatable bonds is 5. The Kier molecular flexibility index (Phi) is 6.07. The van der Waals surface area contributed by atoms with Crippen LogP contribution in [-0.4, -0.2) is 60.1 Å². The summed E-state index contributed by atoms with van der Waals surface area (Å²) in [4.78, 5) is 43.2. The van der Waals surface area contributed by atoms with Crippen molar-refractivity contribution in [1.29, 1.82) is 0 Å². The molecule has 0 unspecified atom stereocenters. The molecule has 2 saturated heterocycles. The molecule has 2 aromatic carbocycles. The first-order valence-corrected chi connectivity index (χ1v) is 10.9. The number of hydrogen-bond donors (Lipinski definition) is 0. The largest absolute Gasteiger partial charge is 0.368 e. The molecule has 0 spiro atoms. The van der Waals surface area contributed by atoms with E-state index in [4.69, 9.17) is 0 Å². The second kappa shape index (κ2) is 8.92. The number of carbonyl (C=O) groups excluding carboxylic acids is 3. The molecule has 6 nitrogen and oxygen atoms in total. The smallest absolute Gasteiger partial charge is 0.228 e. The first-order valence-electron chi connectivity index (χ1n) is 10.9. The number of likely N-dealkylation sites (tertiary alicyclic amines) is 1. The van der Waals surface area contributed by atoms with Gasteiger partial charge in [0.05, 0.1) is 12.0 Å². The Morgan fingerprint density at radius 2 is 1.58 bits per heavy atom. The maximum absolute atomic E-state index is 13.1. The lowest BCUT2D eigenvalue weighted by Crippen LogP contribution is -2.50. The van der Waals surface area contributed by atoms with Gasteiger partial charge in [0, 0.05) is 50.4 Å². The van der Waals surface area contributed by atoms with Crippen LogP contribution in [0.2, 0.25) is 0 Å². The van der Waals surface area contributed by atoms with Crippen molar-refractivity contribution in [3.8, 4) is 0 Å². The van der Waals surface area contributed by atoms with Gasteiger partial charge in [-0.25, -0.2) is 0 Å². The summed E-state index contributed by atoms with van der Waals surface area (Å²) < 4.78 is 0. The average Bonchev–Trinajstić information content (AvgIpc) is 3.20. The predicted molar refractivity (Wildman–Crippen MR) is 120 cm³/mol. The van der Waals surface area contributed by atoms with Crippen molar-refractivity contribution in [3.63, 3.8) is 0 Å². The molecule has 0 N–H and O–H groups in total. The zero-order chi connectivity index (χ0) is 22.0. The number of carbonyl (C=O) groups is 3. The lowest BCUT2D eigenvalue weighted by molar-refractivity contribution is -0.136. The van der Waals surface area contributed by atoms with Crippen LogP contribution in [0.15, 0.2) is 54.6 Å². The van der Waals surface area contributed by atoms with Gasteiger partial charge in [-0.3, -0.25) is 14.4 Å². The molecule has 2 atom stereocenters. The Balaban J connectivity index is 1.33. The number of anilines is 1. The number of piperazine rings is 1. The van der Waals surface area contributed by atoms with Gasteiger partial charge in [0.2, 0.25) is 11.8 Å². The van der Waals surface area contributed by atoms with Crippen molar-refractivity contribution in [3.05, 3.63) is 65.7 Å². The van der Waals surface area contributed by atoms with E-state index in [-0.39, 0.29) is 29.6 Å². The Bertz CT molecular complexity index is 950. The molecule has 4 rings (SSSR count). The fraction of sp³-hybridized carbons (Fsp3) is 0.400. The fourth-order valence-electron chi connectivity index (χ4n) is 4.53. The minimum absolute atomic E-state index is 0.0266. The van der Waals surface area contributed by atoms with Gasteiger partial charge in [0.1, 0.15) is 0 Å². The van der Waals surface area contributed by atoms with Crippen LogP contribution in [0.3, 0.4) is 0 Å². The third-order valence-electron chi connectivity index (χ3n) is 6.49. The summed E-state index contributed by atoms with van der Waals surface area (Å²) >= 11 is 0. The molecular weight excluding hydrogens is 390 g/mol. The highest BCUT2D eigenvalue weighted by Crippen LogP contribution is 2.30. The number of ketones is 1. The lowest BCUT2D eigenvalue weighted by atomic mass is 10.1. The minimum Gasteiger partial charge on any atom is -0.368 e. The van der Waals surface area contributed by atoms with Crippen molar-refractivity contribution in [2.24, 2.45) is 5.92 Å². The molecule has 0 radical (unpaired) electrons. The summed E-state index contributed by atoms with van der Waals surface area (Å²) in [6, 6.07) is 17.6. The highest BCUT2D eigenvalue weighted by atomic mass is 16.2. The summed E-state index contributed by atoms with van der Waals surface area (Å²) in [5, 5.41) is 0. The summed E-state index contributed by atoms with van der Waals surface area (Å²) in [5.74, 6) is -0.0645. The van der Waals surface area contributed by atoms with Crippen LogP contribution in [0.4, 0.5) is 5.69 Å². The minimum atomic E-state index is -0.264. The molecule has 162 valence electrons. The van der Waals surface area contributed by atoms with Gasteiger partial charge in [-0.1, -0.05) is 30.3 Å². The third kappa shape index (κ3) is 4.48. The molecule has 0 bridgehead atoms. The number of amides is 2. The number of hydrogen-bond acceptors (Lipinski definition) is 4. The monoisotopic (exact) mass is 419 g/mol. The zero-order valence-corrected chi connectivity index (χ0v) is 18.2. The predicted octanol–water partition coefficient (Wildman–Crippen LogP) is 3.15. The molecule has 2 aliphatic heterocycles. The Morgan fingerprint density at radius 3 is 2.19 bits per heavy atom. The summed E-state index contributed by atoms with van der Waals surface area (Å²) in [5.41, 5.74) is 2.86. The first kappa shape index (κ1) is 21.1. The van der Waals surface area contributed by atoms with Crippen molar-refractivity contribution in [2.75, 3.05) is 37.6 Å². The standard InChI is InChI=1S/C25H29N3O3/c1-18(20-6-4-3-5-7-20)28-17-22(16-24(28)30)25(31)27-14-12-26(13-15-27)23-10-8-21(9-11-23)19(2)29/h3-11,18,22H,12-17H2,1-2H3/t18-,22+/m0/s1. The van der Waals surface area contributed by atoms with Crippen LogP contribution in [-0.2, 0) is 9.59 Å². The van der Waals surface area contributed by atoms with E-state index in [0.29, 0.717) is 31.6 Å². The lowest BCUT2D eigenvalue weighted by Gasteiger charge is -2.37.